The van der Waals surface area contributed by atoms with Gasteiger partial charge in [-0.2, -0.15) is 0 Å². The molecule has 2 heteroatoms. The molecular weight excluding hydrogens is 178 g/mol. The van der Waals surface area contributed by atoms with Gasteiger partial charge in [-0.15, -0.1) is 11.3 Å². The van der Waals surface area contributed by atoms with Crippen molar-refractivity contribution in [3.05, 3.63) is 35.3 Å². The SMILES string of the molecule is CC/C=C/c1nc2ccccc2s1. The highest BCUT2D eigenvalue weighted by Crippen LogP contribution is 2.22. The van der Waals surface area contributed by atoms with Crippen molar-refractivity contribution < 1.29 is 0 Å². The third-order valence-electron chi connectivity index (χ3n) is 1.81. The summed E-state index contributed by atoms with van der Waals surface area (Å²) in [6.07, 6.45) is 5.29. The lowest BCUT2D eigenvalue weighted by molar-refractivity contribution is 1.23. The summed E-state index contributed by atoms with van der Waals surface area (Å²) in [6, 6.07) is 8.23. The molecule has 0 aliphatic carbocycles. The molecule has 0 unspecified atom stereocenters. The number of fused-ring (bicyclic) bond motifs is 1. The number of aromatic nitrogens is 1. The van der Waals surface area contributed by atoms with Crippen LogP contribution in [0.4, 0.5) is 0 Å². The van der Waals surface area contributed by atoms with E-state index in [-0.39, 0.29) is 0 Å². The van der Waals surface area contributed by atoms with Crippen LogP contribution >= 0.6 is 11.3 Å². The Balaban J connectivity index is 2.44. The van der Waals surface area contributed by atoms with E-state index in [2.05, 4.69) is 36.2 Å². The van der Waals surface area contributed by atoms with Gasteiger partial charge in [0.25, 0.3) is 0 Å². The minimum absolute atomic E-state index is 1.07. The molecule has 0 saturated heterocycles. The number of nitrogens with zero attached hydrogens (tertiary/aromatic N) is 1. The Hall–Kier alpha value is -1.15. The average Bonchev–Trinajstić information content (AvgIpc) is 2.57. The van der Waals surface area contributed by atoms with Crippen LogP contribution in [0.1, 0.15) is 18.4 Å². The topological polar surface area (TPSA) is 12.9 Å². The van der Waals surface area contributed by atoms with Crippen LogP contribution in [0.15, 0.2) is 30.3 Å². The molecule has 1 aromatic carbocycles. The number of thiazole rings is 1. The van der Waals surface area contributed by atoms with E-state index >= 15 is 0 Å². The summed E-state index contributed by atoms with van der Waals surface area (Å²) in [4.78, 5) is 4.48. The molecule has 0 radical (unpaired) electrons. The van der Waals surface area contributed by atoms with E-state index in [1.807, 2.05) is 12.1 Å². The third kappa shape index (κ3) is 1.78. The Bertz CT molecular complexity index is 395. The summed E-state index contributed by atoms with van der Waals surface area (Å²) < 4.78 is 1.26. The lowest BCUT2D eigenvalue weighted by Crippen LogP contribution is -1.67. The first-order valence-electron chi connectivity index (χ1n) is 4.42. The van der Waals surface area contributed by atoms with Gasteiger partial charge < -0.3 is 0 Å². The van der Waals surface area contributed by atoms with E-state index < -0.39 is 0 Å². The Morgan fingerprint density at radius 3 is 3.00 bits per heavy atom. The van der Waals surface area contributed by atoms with Gasteiger partial charge in [0, 0.05) is 0 Å². The Labute approximate surface area is 81.7 Å². The number of hydrogen-bond acceptors (Lipinski definition) is 2. The second kappa shape index (κ2) is 3.71. The molecule has 66 valence electrons. The minimum atomic E-state index is 1.07. The molecule has 0 aliphatic heterocycles. The van der Waals surface area contributed by atoms with Crippen molar-refractivity contribution in [1.82, 2.24) is 4.98 Å². The molecule has 0 spiro atoms. The molecule has 1 nitrogen and oxygen atoms in total. The third-order valence-corrected chi connectivity index (χ3v) is 2.81. The van der Waals surface area contributed by atoms with Gasteiger partial charge in [0.05, 0.1) is 10.2 Å². The zero-order chi connectivity index (χ0) is 9.10. The van der Waals surface area contributed by atoms with Crippen LogP contribution in [0, 0.1) is 0 Å². The predicted octanol–water partition coefficient (Wildman–Crippen LogP) is 3.72. The molecule has 0 fully saturated rings. The summed E-state index contributed by atoms with van der Waals surface area (Å²) in [7, 11) is 0. The first-order chi connectivity index (χ1) is 6.40. The molecule has 2 aromatic rings. The summed E-state index contributed by atoms with van der Waals surface area (Å²) in [5, 5.41) is 1.10. The van der Waals surface area contributed by atoms with E-state index in [0.717, 1.165) is 16.9 Å². The quantitative estimate of drug-likeness (QED) is 0.701. The second-order valence-electron chi connectivity index (χ2n) is 2.83. The molecule has 0 saturated carbocycles. The number of hydrogen-bond donors (Lipinski definition) is 0. The van der Waals surface area contributed by atoms with Crippen molar-refractivity contribution in [2.24, 2.45) is 0 Å². The molecule has 2 rings (SSSR count). The molecule has 0 bridgehead atoms. The number of rotatable bonds is 2. The highest BCUT2D eigenvalue weighted by atomic mass is 32.1. The molecular formula is C11H11NS. The predicted molar refractivity (Wildman–Crippen MR) is 58.9 cm³/mol. The summed E-state index contributed by atoms with van der Waals surface area (Å²) in [5.74, 6) is 0. The Kier molecular flexibility index (Phi) is 2.41. The smallest absolute Gasteiger partial charge is 0.117 e. The van der Waals surface area contributed by atoms with E-state index in [1.54, 1.807) is 11.3 Å². The largest absolute Gasteiger partial charge is 0.237 e. The van der Waals surface area contributed by atoms with Crippen LogP contribution in [0.3, 0.4) is 0 Å². The van der Waals surface area contributed by atoms with Crippen molar-refractivity contribution in [3.8, 4) is 0 Å². The summed E-state index contributed by atoms with van der Waals surface area (Å²) >= 11 is 1.74. The summed E-state index contributed by atoms with van der Waals surface area (Å²) in [5.41, 5.74) is 1.10. The van der Waals surface area contributed by atoms with E-state index in [9.17, 15) is 0 Å². The highest BCUT2D eigenvalue weighted by molar-refractivity contribution is 7.19. The van der Waals surface area contributed by atoms with Crippen molar-refractivity contribution in [1.29, 1.82) is 0 Å². The Morgan fingerprint density at radius 2 is 2.23 bits per heavy atom. The molecule has 0 atom stereocenters. The monoisotopic (exact) mass is 189 g/mol. The van der Waals surface area contributed by atoms with Crippen LogP contribution in [0.5, 0.6) is 0 Å². The number of allylic oxidation sites excluding steroid dienone is 1. The van der Waals surface area contributed by atoms with Gasteiger partial charge in [-0.05, 0) is 24.6 Å². The van der Waals surface area contributed by atoms with Crippen LogP contribution in [0.2, 0.25) is 0 Å². The molecule has 1 aromatic heterocycles. The van der Waals surface area contributed by atoms with Gasteiger partial charge in [-0.1, -0.05) is 25.1 Å². The van der Waals surface area contributed by atoms with E-state index in [1.165, 1.54) is 4.70 Å². The zero-order valence-corrected chi connectivity index (χ0v) is 8.34. The fourth-order valence-corrected chi connectivity index (χ4v) is 2.08. The number of para-hydroxylation sites is 1. The fourth-order valence-electron chi connectivity index (χ4n) is 1.18. The van der Waals surface area contributed by atoms with Crippen molar-refractivity contribution in [2.45, 2.75) is 13.3 Å². The Morgan fingerprint density at radius 1 is 1.38 bits per heavy atom. The maximum atomic E-state index is 4.48. The van der Waals surface area contributed by atoms with E-state index in [4.69, 9.17) is 0 Å². The fraction of sp³-hybridized carbons (Fsp3) is 0.182. The minimum Gasteiger partial charge on any atom is -0.237 e. The van der Waals surface area contributed by atoms with Crippen LogP contribution in [0.25, 0.3) is 16.3 Å². The molecule has 1 heterocycles. The normalized spacial score (nSPS) is 11.5. The maximum Gasteiger partial charge on any atom is 0.117 e. The van der Waals surface area contributed by atoms with E-state index in [0.29, 0.717) is 0 Å². The lowest BCUT2D eigenvalue weighted by Gasteiger charge is -1.80. The number of benzene rings is 1. The van der Waals surface area contributed by atoms with Gasteiger partial charge in [-0.25, -0.2) is 4.98 Å². The molecule has 0 amide bonds. The van der Waals surface area contributed by atoms with Gasteiger partial charge in [0.1, 0.15) is 5.01 Å². The zero-order valence-electron chi connectivity index (χ0n) is 7.53. The van der Waals surface area contributed by atoms with Crippen LogP contribution in [-0.4, -0.2) is 4.98 Å². The highest BCUT2D eigenvalue weighted by Gasteiger charge is 1.97. The van der Waals surface area contributed by atoms with Crippen LogP contribution in [-0.2, 0) is 0 Å². The van der Waals surface area contributed by atoms with Gasteiger partial charge >= 0.3 is 0 Å². The van der Waals surface area contributed by atoms with Gasteiger partial charge in [0.15, 0.2) is 0 Å². The average molecular weight is 189 g/mol. The standard InChI is InChI=1S/C11H11NS/c1-2-3-8-11-12-9-6-4-5-7-10(9)13-11/h3-8H,2H2,1H3/b8-3+. The van der Waals surface area contributed by atoms with Crippen molar-refractivity contribution in [3.63, 3.8) is 0 Å². The van der Waals surface area contributed by atoms with Gasteiger partial charge in [-0.3, -0.25) is 0 Å². The molecule has 0 N–H and O–H groups in total. The van der Waals surface area contributed by atoms with Gasteiger partial charge in [0.2, 0.25) is 0 Å². The first kappa shape index (κ1) is 8.45. The van der Waals surface area contributed by atoms with Crippen molar-refractivity contribution >= 4 is 27.6 Å². The first-order valence-corrected chi connectivity index (χ1v) is 5.24. The maximum absolute atomic E-state index is 4.48. The summed E-state index contributed by atoms with van der Waals surface area (Å²) in [6.45, 7) is 2.13. The second-order valence-corrected chi connectivity index (χ2v) is 3.89. The molecule has 13 heavy (non-hydrogen) atoms. The van der Waals surface area contributed by atoms with Crippen LogP contribution < -0.4 is 0 Å². The van der Waals surface area contributed by atoms with Crippen molar-refractivity contribution in [2.75, 3.05) is 0 Å². The lowest BCUT2D eigenvalue weighted by atomic mass is 10.3. The molecule has 0 aliphatic rings.